The fourth-order valence-corrected chi connectivity index (χ4v) is 2.95. The van der Waals surface area contributed by atoms with Gasteiger partial charge in [-0.3, -0.25) is 9.59 Å². The quantitative estimate of drug-likeness (QED) is 0.884. The first-order valence-corrected chi connectivity index (χ1v) is 7.88. The number of para-hydroxylation sites is 1. The Balaban J connectivity index is 1.67. The van der Waals surface area contributed by atoms with Crippen LogP contribution in [0.25, 0.3) is 0 Å². The number of nitrogens with one attached hydrogen (secondary N) is 1. The van der Waals surface area contributed by atoms with Gasteiger partial charge in [0.05, 0.1) is 0 Å². The number of benzene rings is 2. The molecule has 3 rings (SSSR count). The lowest BCUT2D eigenvalue weighted by atomic mass is 10.0. The second-order valence-electron chi connectivity index (χ2n) is 5.87. The number of carbonyl (C=O) groups excluding carboxylic acids is 2. The maximum absolute atomic E-state index is 12.5. The predicted molar refractivity (Wildman–Crippen MR) is 91.5 cm³/mol. The Morgan fingerprint density at radius 3 is 2.78 bits per heavy atom. The smallest absolute Gasteiger partial charge is 0.236 e. The normalized spacial score (nSPS) is 13.3. The summed E-state index contributed by atoms with van der Waals surface area (Å²) < 4.78 is 0. The molecule has 1 aliphatic rings. The molecule has 0 saturated carbocycles. The largest absolute Gasteiger partial charge is 0.326 e. The van der Waals surface area contributed by atoms with E-state index in [0.29, 0.717) is 6.54 Å². The van der Waals surface area contributed by atoms with Crippen molar-refractivity contribution in [1.82, 2.24) is 0 Å². The molecule has 0 fully saturated rings. The van der Waals surface area contributed by atoms with Crippen LogP contribution in [-0.4, -0.2) is 18.4 Å². The highest BCUT2D eigenvalue weighted by molar-refractivity contribution is 6.09. The van der Waals surface area contributed by atoms with Crippen molar-refractivity contribution in [2.24, 2.45) is 0 Å². The molecule has 0 aromatic heterocycles. The third-order valence-electron chi connectivity index (χ3n) is 4.02. The Hall–Kier alpha value is -2.62. The van der Waals surface area contributed by atoms with Crippen LogP contribution in [0, 0.1) is 6.92 Å². The average molecular weight is 308 g/mol. The molecule has 1 aliphatic heterocycles. The van der Waals surface area contributed by atoms with Gasteiger partial charge in [-0.25, -0.2) is 0 Å². The zero-order valence-corrected chi connectivity index (χ0v) is 13.2. The van der Waals surface area contributed by atoms with E-state index >= 15 is 0 Å². The zero-order chi connectivity index (χ0) is 16.2. The Morgan fingerprint density at radius 1 is 1.13 bits per heavy atom. The van der Waals surface area contributed by atoms with Gasteiger partial charge in [0.25, 0.3) is 0 Å². The Morgan fingerprint density at radius 2 is 1.96 bits per heavy atom. The Kier molecular flexibility index (Phi) is 4.42. The van der Waals surface area contributed by atoms with Crippen molar-refractivity contribution in [2.75, 3.05) is 16.8 Å². The lowest BCUT2D eigenvalue weighted by Gasteiger charge is -2.29. The molecule has 0 atom stereocenters. The van der Waals surface area contributed by atoms with Gasteiger partial charge < -0.3 is 10.2 Å². The molecule has 0 radical (unpaired) electrons. The molecule has 2 amide bonds. The lowest BCUT2D eigenvalue weighted by molar-refractivity contribution is -0.125. The van der Waals surface area contributed by atoms with Crippen molar-refractivity contribution in [3.63, 3.8) is 0 Å². The van der Waals surface area contributed by atoms with Gasteiger partial charge in [-0.15, -0.1) is 0 Å². The second kappa shape index (κ2) is 6.65. The first-order chi connectivity index (χ1) is 11.1. The number of rotatable bonds is 3. The van der Waals surface area contributed by atoms with Gasteiger partial charge >= 0.3 is 0 Å². The van der Waals surface area contributed by atoms with Crippen molar-refractivity contribution < 1.29 is 9.59 Å². The average Bonchev–Trinajstić information content (AvgIpc) is 2.54. The molecular formula is C19H20N2O2. The number of anilines is 2. The number of hydrogen-bond acceptors (Lipinski definition) is 2. The number of hydrogen-bond donors (Lipinski definition) is 1. The van der Waals surface area contributed by atoms with Crippen LogP contribution < -0.4 is 10.2 Å². The van der Waals surface area contributed by atoms with E-state index in [1.807, 2.05) is 55.5 Å². The summed E-state index contributed by atoms with van der Waals surface area (Å²) in [5.41, 5.74) is 3.90. The van der Waals surface area contributed by atoms with E-state index in [9.17, 15) is 9.59 Å². The summed E-state index contributed by atoms with van der Waals surface area (Å²) in [5.74, 6) is -0.425. The maximum atomic E-state index is 12.5. The summed E-state index contributed by atoms with van der Waals surface area (Å²) in [6.45, 7) is 2.64. The molecule has 4 nitrogen and oxygen atoms in total. The number of fused-ring (bicyclic) bond motifs is 1. The van der Waals surface area contributed by atoms with E-state index in [-0.39, 0.29) is 18.2 Å². The number of carbonyl (C=O) groups is 2. The summed E-state index contributed by atoms with van der Waals surface area (Å²) in [4.78, 5) is 26.4. The molecular weight excluding hydrogens is 288 g/mol. The standard InChI is InChI=1S/C19H20N2O2/c1-14-6-4-9-16(12-14)20-18(22)13-19(23)21-11-5-8-15-7-2-3-10-17(15)21/h2-4,6-7,9-10,12H,5,8,11,13H2,1H3,(H,20,22). The van der Waals surface area contributed by atoms with E-state index in [1.54, 1.807) is 4.90 Å². The van der Waals surface area contributed by atoms with Crippen molar-refractivity contribution in [3.8, 4) is 0 Å². The summed E-state index contributed by atoms with van der Waals surface area (Å²) >= 11 is 0. The zero-order valence-electron chi connectivity index (χ0n) is 13.2. The Labute approximate surface area is 136 Å². The molecule has 0 saturated heterocycles. The number of nitrogens with zero attached hydrogens (tertiary/aromatic N) is 1. The van der Waals surface area contributed by atoms with Gasteiger partial charge in [-0.05, 0) is 49.1 Å². The molecule has 2 aromatic rings. The molecule has 2 aromatic carbocycles. The van der Waals surface area contributed by atoms with Gasteiger partial charge in [0, 0.05) is 17.9 Å². The molecule has 1 heterocycles. The molecule has 4 heteroatoms. The molecule has 0 unspecified atom stereocenters. The van der Waals surface area contributed by atoms with Crippen LogP contribution in [0.4, 0.5) is 11.4 Å². The van der Waals surface area contributed by atoms with Gasteiger partial charge in [-0.1, -0.05) is 30.3 Å². The van der Waals surface area contributed by atoms with Crippen LogP contribution in [0.5, 0.6) is 0 Å². The second-order valence-corrected chi connectivity index (χ2v) is 5.87. The summed E-state index contributed by atoms with van der Waals surface area (Å²) in [7, 11) is 0. The fourth-order valence-electron chi connectivity index (χ4n) is 2.95. The molecule has 0 bridgehead atoms. The number of aryl methyl sites for hydroxylation is 2. The first-order valence-electron chi connectivity index (χ1n) is 7.88. The highest BCUT2D eigenvalue weighted by Gasteiger charge is 2.23. The summed E-state index contributed by atoms with van der Waals surface area (Å²) in [6, 6.07) is 15.5. The monoisotopic (exact) mass is 308 g/mol. The highest BCUT2D eigenvalue weighted by Crippen LogP contribution is 2.27. The lowest BCUT2D eigenvalue weighted by Crippen LogP contribution is -2.37. The van der Waals surface area contributed by atoms with Gasteiger partial charge in [0.2, 0.25) is 11.8 Å². The van der Waals surface area contributed by atoms with E-state index in [1.165, 1.54) is 5.56 Å². The van der Waals surface area contributed by atoms with Gasteiger partial charge in [0.1, 0.15) is 6.42 Å². The highest BCUT2D eigenvalue weighted by atomic mass is 16.2. The molecule has 0 spiro atoms. The predicted octanol–water partition coefficient (Wildman–Crippen LogP) is 3.30. The summed E-state index contributed by atoms with van der Waals surface area (Å²) in [6.07, 6.45) is 1.78. The van der Waals surface area contributed by atoms with Crippen LogP contribution in [0.15, 0.2) is 48.5 Å². The van der Waals surface area contributed by atoms with Crippen LogP contribution in [0.2, 0.25) is 0 Å². The van der Waals surface area contributed by atoms with Crippen LogP contribution >= 0.6 is 0 Å². The van der Waals surface area contributed by atoms with E-state index in [4.69, 9.17) is 0 Å². The molecule has 23 heavy (non-hydrogen) atoms. The topological polar surface area (TPSA) is 49.4 Å². The SMILES string of the molecule is Cc1cccc(NC(=O)CC(=O)N2CCCc3ccccc32)c1. The first kappa shape index (κ1) is 15.3. The fraction of sp³-hybridized carbons (Fsp3) is 0.263. The maximum Gasteiger partial charge on any atom is 0.236 e. The molecule has 0 aliphatic carbocycles. The van der Waals surface area contributed by atoms with Crippen molar-refractivity contribution in [2.45, 2.75) is 26.2 Å². The van der Waals surface area contributed by atoms with E-state index in [0.717, 1.165) is 29.8 Å². The summed E-state index contributed by atoms with van der Waals surface area (Å²) in [5, 5.41) is 2.79. The van der Waals surface area contributed by atoms with Crippen molar-refractivity contribution >= 4 is 23.2 Å². The third kappa shape index (κ3) is 3.59. The minimum atomic E-state index is -0.274. The molecule has 118 valence electrons. The molecule has 1 N–H and O–H groups in total. The third-order valence-corrected chi connectivity index (χ3v) is 4.02. The van der Waals surface area contributed by atoms with Crippen LogP contribution in [0.3, 0.4) is 0 Å². The Bertz CT molecular complexity index is 740. The van der Waals surface area contributed by atoms with E-state index in [2.05, 4.69) is 5.32 Å². The van der Waals surface area contributed by atoms with Crippen LogP contribution in [0.1, 0.15) is 24.0 Å². The van der Waals surface area contributed by atoms with Crippen molar-refractivity contribution in [1.29, 1.82) is 0 Å². The van der Waals surface area contributed by atoms with Crippen molar-refractivity contribution in [3.05, 3.63) is 59.7 Å². The van der Waals surface area contributed by atoms with E-state index < -0.39 is 0 Å². The number of amides is 2. The van der Waals surface area contributed by atoms with Gasteiger partial charge in [-0.2, -0.15) is 0 Å². The van der Waals surface area contributed by atoms with Crippen LogP contribution in [-0.2, 0) is 16.0 Å². The van der Waals surface area contributed by atoms with Gasteiger partial charge in [0.15, 0.2) is 0 Å². The minimum Gasteiger partial charge on any atom is -0.326 e. The minimum absolute atomic E-state index is 0.137.